The van der Waals surface area contributed by atoms with Crippen molar-refractivity contribution in [2.75, 3.05) is 6.61 Å². The van der Waals surface area contributed by atoms with E-state index in [4.69, 9.17) is 9.94 Å². The van der Waals surface area contributed by atoms with Crippen LogP contribution in [0.25, 0.3) is 0 Å². The van der Waals surface area contributed by atoms with Crippen molar-refractivity contribution in [3.63, 3.8) is 0 Å². The average Bonchev–Trinajstić information content (AvgIpc) is 2.62. The fourth-order valence-electron chi connectivity index (χ4n) is 1.69. The predicted octanol–water partition coefficient (Wildman–Crippen LogP) is 1.46. The van der Waals surface area contributed by atoms with Gasteiger partial charge in [0.15, 0.2) is 11.9 Å². The quantitative estimate of drug-likeness (QED) is 0.344. The summed E-state index contributed by atoms with van der Waals surface area (Å²) < 4.78 is 5.29. The maximum absolute atomic E-state index is 11.6. The van der Waals surface area contributed by atoms with E-state index >= 15 is 0 Å². The first-order chi connectivity index (χ1) is 11.7. The van der Waals surface area contributed by atoms with Gasteiger partial charge in [-0.15, -0.1) is 0 Å². The number of carbonyl (C=O) groups excluding carboxylic acids is 1. The number of rotatable bonds is 7. The summed E-state index contributed by atoms with van der Waals surface area (Å²) in [4.78, 5) is 15.7. The highest BCUT2D eigenvalue weighted by atomic mass is 16.6. The van der Waals surface area contributed by atoms with E-state index in [0.29, 0.717) is 11.3 Å². The Morgan fingerprint density at radius 3 is 2.83 bits per heavy atom. The van der Waals surface area contributed by atoms with Crippen molar-refractivity contribution in [1.82, 2.24) is 10.4 Å². The fourth-order valence-corrected chi connectivity index (χ4v) is 1.69. The van der Waals surface area contributed by atoms with Gasteiger partial charge in [-0.1, -0.05) is 10.9 Å². The van der Waals surface area contributed by atoms with E-state index in [2.05, 4.69) is 20.8 Å². The molecule has 9 heteroatoms. The second-order valence-electron chi connectivity index (χ2n) is 4.61. The number of ether oxygens (including phenoxy) is 1. The molecule has 1 heterocycles. The van der Waals surface area contributed by atoms with Gasteiger partial charge in [0.1, 0.15) is 5.75 Å². The fraction of sp³-hybridized carbons (Fsp3) is 0.133. The van der Waals surface area contributed by atoms with Gasteiger partial charge in [0.25, 0.3) is 5.91 Å². The molecule has 0 radical (unpaired) electrons. The first-order valence-corrected chi connectivity index (χ1v) is 6.91. The highest BCUT2D eigenvalue weighted by Crippen LogP contribution is 2.12. The Balaban J connectivity index is 1.76. The lowest BCUT2D eigenvalue weighted by atomic mass is 10.2. The average molecular weight is 329 g/mol. The van der Waals surface area contributed by atoms with Crippen LogP contribution >= 0.6 is 0 Å². The molecule has 24 heavy (non-hydrogen) atoms. The molecular formula is C15H15N5O4. The van der Waals surface area contributed by atoms with Gasteiger partial charge >= 0.3 is 0 Å². The molecular weight excluding hydrogens is 314 g/mol. The second kappa shape index (κ2) is 8.83. The lowest BCUT2D eigenvalue weighted by Crippen LogP contribution is -2.24. The molecule has 0 fully saturated rings. The lowest BCUT2D eigenvalue weighted by molar-refractivity contribution is -0.570. The zero-order chi connectivity index (χ0) is 17.2. The van der Waals surface area contributed by atoms with Crippen LogP contribution in [0.5, 0.6) is 5.75 Å². The van der Waals surface area contributed by atoms with E-state index in [1.54, 1.807) is 48.8 Å². The van der Waals surface area contributed by atoms with Crippen molar-refractivity contribution < 1.29 is 19.6 Å². The summed E-state index contributed by atoms with van der Waals surface area (Å²) >= 11 is 0. The Hall–Kier alpha value is -3.49. The van der Waals surface area contributed by atoms with Crippen LogP contribution in [0.1, 0.15) is 11.1 Å². The van der Waals surface area contributed by atoms with Crippen LogP contribution in [0.2, 0.25) is 0 Å². The number of carbonyl (C=O) groups is 1. The number of hydrogen-bond acceptors (Lipinski definition) is 6. The first kappa shape index (κ1) is 16.9. The van der Waals surface area contributed by atoms with Gasteiger partial charge in [0.05, 0.1) is 6.21 Å². The van der Waals surface area contributed by atoms with Crippen molar-refractivity contribution in [3.8, 4) is 5.75 Å². The lowest BCUT2D eigenvalue weighted by Gasteiger charge is -2.05. The van der Waals surface area contributed by atoms with Crippen LogP contribution in [-0.4, -0.2) is 33.8 Å². The Bertz CT molecular complexity index is 716. The maximum atomic E-state index is 11.6. The standard InChI is InChI=1S/C15H15N5O4/c21-15(18-17-9-13-2-1-7-16-8-13)11-24-14-5-3-12(4-6-14)10-20(23)19-22/h1-9,22H,10-11H2,(H,18,21)/b17-9+,20-19?. The number of nitrogens with one attached hydrogen (secondary N) is 1. The van der Waals surface area contributed by atoms with E-state index in [-0.39, 0.29) is 18.0 Å². The van der Waals surface area contributed by atoms with Crippen molar-refractivity contribution in [3.05, 3.63) is 65.1 Å². The number of hydroxylamine groups is 1. The van der Waals surface area contributed by atoms with Gasteiger partial charge in [0.2, 0.25) is 6.54 Å². The van der Waals surface area contributed by atoms with Gasteiger partial charge in [-0.05, 0) is 30.3 Å². The van der Waals surface area contributed by atoms with Crippen molar-refractivity contribution in [1.29, 1.82) is 0 Å². The van der Waals surface area contributed by atoms with Crippen molar-refractivity contribution in [2.24, 2.45) is 10.4 Å². The van der Waals surface area contributed by atoms with Gasteiger partial charge in [-0.3, -0.25) is 9.78 Å². The topological polar surface area (TPSA) is 122 Å². The Morgan fingerprint density at radius 2 is 2.17 bits per heavy atom. The number of hydrogen-bond donors (Lipinski definition) is 2. The third kappa shape index (κ3) is 5.72. The largest absolute Gasteiger partial charge is 0.597 e. The van der Waals surface area contributed by atoms with Crippen LogP contribution in [0.3, 0.4) is 0 Å². The minimum Gasteiger partial charge on any atom is -0.597 e. The van der Waals surface area contributed by atoms with Crippen molar-refractivity contribution in [2.45, 2.75) is 6.54 Å². The van der Waals surface area contributed by atoms with Crippen LogP contribution in [-0.2, 0) is 11.3 Å². The summed E-state index contributed by atoms with van der Waals surface area (Å²) in [6.45, 7) is -0.288. The number of aromatic nitrogens is 1. The van der Waals surface area contributed by atoms with E-state index in [1.807, 2.05) is 0 Å². The summed E-state index contributed by atoms with van der Waals surface area (Å²) in [6.07, 6.45) is 4.73. The van der Waals surface area contributed by atoms with Crippen LogP contribution < -0.4 is 10.2 Å². The van der Waals surface area contributed by atoms with E-state index in [0.717, 1.165) is 5.56 Å². The van der Waals surface area contributed by atoms with E-state index in [9.17, 15) is 10.0 Å². The van der Waals surface area contributed by atoms with Gasteiger partial charge in [-0.25, -0.2) is 5.43 Å². The highest BCUT2D eigenvalue weighted by molar-refractivity contribution is 5.82. The summed E-state index contributed by atoms with van der Waals surface area (Å²) in [5.41, 5.74) is 3.74. The van der Waals surface area contributed by atoms with Crippen molar-refractivity contribution >= 4 is 12.1 Å². The molecule has 2 N–H and O–H groups in total. The molecule has 0 bridgehead atoms. The van der Waals surface area contributed by atoms with Gasteiger partial charge < -0.3 is 15.2 Å². The predicted molar refractivity (Wildman–Crippen MR) is 83.5 cm³/mol. The molecule has 0 atom stereocenters. The molecule has 2 rings (SSSR count). The van der Waals surface area contributed by atoms with E-state index < -0.39 is 5.91 Å². The molecule has 0 saturated heterocycles. The molecule has 124 valence electrons. The minimum atomic E-state index is -0.413. The molecule has 0 unspecified atom stereocenters. The molecule has 9 nitrogen and oxygen atoms in total. The number of nitrogens with zero attached hydrogens (tertiary/aromatic N) is 4. The maximum Gasteiger partial charge on any atom is 0.277 e. The first-order valence-electron chi connectivity index (χ1n) is 6.91. The number of pyridine rings is 1. The second-order valence-corrected chi connectivity index (χ2v) is 4.61. The molecule has 0 saturated carbocycles. The minimum absolute atomic E-state index is 0.0830. The molecule has 0 spiro atoms. The molecule has 0 aliphatic rings. The Kier molecular flexibility index (Phi) is 6.21. The third-order valence-electron chi connectivity index (χ3n) is 2.80. The normalized spacial score (nSPS) is 11.4. The summed E-state index contributed by atoms with van der Waals surface area (Å²) in [7, 11) is 0. The smallest absolute Gasteiger partial charge is 0.277 e. The Labute approximate surface area is 137 Å². The zero-order valence-electron chi connectivity index (χ0n) is 12.6. The number of hydrazone groups is 1. The summed E-state index contributed by atoms with van der Waals surface area (Å²) in [6, 6.07) is 10.0. The zero-order valence-corrected chi connectivity index (χ0v) is 12.6. The molecule has 1 amide bonds. The van der Waals surface area contributed by atoms with Crippen LogP contribution in [0.4, 0.5) is 0 Å². The third-order valence-corrected chi connectivity index (χ3v) is 2.80. The number of amides is 1. The number of benzene rings is 1. The van der Waals surface area contributed by atoms with Crippen LogP contribution in [0, 0.1) is 5.21 Å². The Morgan fingerprint density at radius 1 is 1.38 bits per heavy atom. The molecule has 2 aromatic rings. The van der Waals surface area contributed by atoms with Crippen LogP contribution in [0.15, 0.2) is 59.2 Å². The van der Waals surface area contributed by atoms with Gasteiger partial charge in [0, 0.05) is 23.5 Å². The summed E-state index contributed by atoms with van der Waals surface area (Å²) in [5.74, 6) is 0.0487. The molecule has 0 aliphatic carbocycles. The van der Waals surface area contributed by atoms with E-state index in [1.165, 1.54) is 6.21 Å². The highest BCUT2D eigenvalue weighted by Gasteiger charge is 2.04. The van der Waals surface area contributed by atoms with Gasteiger partial charge in [-0.2, -0.15) is 5.10 Å². The molecule has 1 aromatic carbocycles. The summed E-state index contributed by atoms with van der Waals surface area (Å²) in [5, 5.41) is 25.5. The SMILES string of the molecule is O=C(COc1ccc(C[N+]([O-])=NO)cc1)N/N=C/c1cccnc1. The molecule has 0 aliphatic heterocycles. The monoisotopic (exact) mass is 329 g/mol. The molecule has 1 aromatic heterocycles.